The van der Waals surface area contributed by atoms with Gasteiger partial charge in [0.25, 0.3) is 0 Å². The third kappa shape index (κ3) is 4.81. The molecule has 3 heteroatoms. The standard InChI is InChI=1S/C13H28N2O/c1-11(2)13(8-14)10-15(3)9-12-4-6-16-7-5-12/h11-13H,4-10,14H2,1-3H3. The molecule has 0 aromatic heterocycles. The van der Waals surface area contributed by atoms with Crippen molar-refractivity contribution in [1.29, 1.82) is 0 Å². The van der Waals surface area contributed by atoms with E-state index in [9.17, 15) is 0 Å². The molecule has 1 unspecified atom stereocenters. The number of rotatable bonds is 6. The first-order valence-electron chi connectivity index (χ1n) is 6.59. The average molecular weight is 228 g/mol. The first-order valence-corrected chi connectivity index (χ1v) is 6.59. The fourth-order valence-corrected chi connectivity index (χ4v) is 2.40. The third-order valence-corrected chi connectivity index (χ3v) is 3.70. The minimum atomic E-state index is 0.629. The maximum atomic E-state index is 5.81. The van der Waals surface area contributed by atoms with E-state index in [4.69, 9.17) is 10.5 Å². The summed E-state index contributed by atoms with van der Waals surface area (Å²) in [5.41, 5.74) is 5.81. The Morgan fingerprint density at radius 2 is 1.94 bits per heavy atom. The van der Waals surface area contributed by atoms with E-state index in [-0.39, 0.29) is 0 Å². The summed E-state index contributed by atoms with van der Waals surface area (Å²) in [4.78, 5) is 2.45. The minimum absolute atomic E-state index is 0.629. The highest BCUT2D eigenvalue weighted by Gasteiger charge is 2.18. The molecule has 0 aromatic rings. The van der Waals surface area contributed by atoms with Crippen LogP contribution >= 0.6 is 0 Å². The van der Waals surface area contributed by atoms with Crippen molar-refractivity contribution in [3.8, 4) is 0 Å². The fraction of sp³-hybridized carbons (Fsp3) is 1.00. The van der Waals surface area contributed by atoms with E-state index < -0.39 is 0 Å². The Morgan fingerprint density at radius 1 is 1.31 bits per heavy atom. The van der Waals surface area contributed by atoms with E-state index in [1.807, 2.05) is 0 Å². The highest BCUT2D eigenvalue weighted by atomic mass is 16.5. The molecule has 1 aliphatic rings. The van der Waals surface area contributed by atoms with Crippen molar-refractivity contribution in [1.82, 2.24) is 4.90 Å². The van der Waals surface area contributed by atoms with Crippen LogP contribution in [0.5, 0.6) is 0 Å². The molecule has 0 aliphatic carbocycles. The Morgan fingerprint density at radius 3 is 2.44 bits per heavy atom. The lowest BCUT2D eigenvalue weighted by Crippen LogP contribution is -2.37. The van der Waals surface area contributed by atoms with Gasteiger partial charge < -0.3 is 15.4 Å². The highest BCUT2D eigenvalue weighted by Crippen LogP contribution is 2.17. The summed E-state index contributed by atoms with van der Waals surface area (Å²) in [6, 6.07) is 0. The van der Waals surface area contributed by atoms with E-state index >= 15 is 0 Å². The molecule has 1 heterocycles. The molecule has 3 nitrogen and oxygen atoms in total. The molecular weight excluding hydrogens is 200 g/mol. The van der Waals surface area contributed by atoms with Gasteiger partial charge in [-0.1, -0.05) is 13.8 Å². The van der Waals surface area contributed by atoms with Gasteiger partial charge in [-0.15, -0.1) is 0 Å². The van der Waals surface area contributed by atoms with Crippen LogP contribution in [0.3, 0.4) is 0 Å². The van der Waals surface area contributed by atoms with Crippen LogP contribution < -0.4 is 5.73 Å². The molecule has 0 aromatic carbocycles. The first kappa shape index (κ1) is 13.9. The topological polar surface area (TPSA) is 38.5 Å². The van der Waals surface area contributed by atoms with Crippen molar-refractivity contribution in [2.75, 3.05) is 39.9 Å². The molecule has 0 amide bonds. The van der Waals surface area contributed by atoms with Gasteiger partial charge in [0.05, 0.1) is 0 Å². The van der Waals surface area contributed by atoms with Gasteiger partial charge in [-0.3, -0.25) is 0 Å². The minimum Gasteiger partial charge on any atom is -0.381 e. The molecule has 16 heavy (non-hydrogen) atoms. The lowest BCUT2D eigenvalue weighted by atomic mass is 9.94. The average Bonchev–Trinajstić information content (AvgIpc) is 2.27. The molecule has 1 fully saturated rings. The number of ether oxygens (including phenoxy) is 1. The van der Waals surface area contributed by atoms with Crippen LogP contribution in [0.15, 0.2) is 0 Å². The summed E-state index contributed by atoms with van der Waals surface area (Å²) in [5, 5.41) is 0. The van der Waals surface area contributed by atoms with Crippen LogP contribution in [-0.4, -0.2) is 44.8 Å². The zero-order valence-electron chi connectivity index (χ0n) is 11.1. The Balaban J connectivity index is 2.25. The van der Waals surface area contributed by atoms with Crippen molar-refractivity contribution < 1.29 is 4.74 Å². The second-order valence-electron chi connectivity index (χ2n) is 5.52. The molecule has 96 valence electrons. The molecule has 2 N–H and O–H groups in total. The second kappa shape index (κ2) is 7.25. The molecular formula is C13H28N2O. The Kier molecular flexibility index (Phi) is 6.32. The van der Waals surface area contributed by atoms with Crippen LogP contribution in [0.4, 0.5) is 0 Å². The van der Waals surface area contributed by atoms with E-state index in [1.54, 1.807) is 0 Å². The van der Waals surface area contributed by atoms with Gasteiger partial charge >= 0.3 is 0 Å². The van der Waals surface area contributed by atoms with Crippen LogP contribution in [0.25, 0.3) is 0 Å². The predicted octanol–water partition coefficient (Wildman–Crippen LogP) is 1.58. The van der Waals surface area contributed by atoms with Crippen molar-refractivity contribution in [3.05, 3.63) is 0 Å². The lowest BCUT2D eigenvalue weighted by Gasteiger charge is -2.30. The Bertz CT molecular complexity index is 179. The predicted molar refractivity (Wildman–Crippen MR) is 68.4 cm³/mol. The van der Waals surface area contributed by atoms with Crippen LogP contribution in [0.2, 0.25) is 0 Å². The lowest BCUT2D eigenvalue weighted by molar-refractivity contribution is 0.0532. The second-order valence-corrected chi connectivity index (χ2v) is 5.52. The maximum Gasteiger partial charge on any atom is 0.0469 e. The summed E-state index contributed by atoms with van der Waals surface area (Å²) in [5.74, 6) is 2.14. The normalized spacial score (nSPS) is 20.6. The number of hydrogen-bond donors (Lipinski definition) is 1. The molecule has 1 saturated heterocycles. The molecule has 0 radical (unpaired) electrons. The number of hydrogen-bond acceptors (Lipinski definition) is 3. The highest BCUT2D eigenvalue weighted by molar-refractivity contribution is 4.72. The summed E-state index contributed by atoms with van der Waals surface area (Å²) in [7, 11) is 2.22. The Labute approximate surface area is 100 Å². The van der Waals surface area contributed by atoms with Gasteiger partial charge in [0.15, 0.2) is 0 Å². The van der Waals surface area contributed by atoms with Crippen molar-refractivity contribution in [2.24, 2.45) is 23.5 Å². The van der Waals surface area contributed by atoms with E-state index in [0.717, 1.165) is 32.2 Å². The zero-order valence-corrected chi connectivity index (χ0v) is 11.1. The van der Waals surface area contributed by atoms with Gasteiger partial charge in [-0.05, 0) is 44.2 Å². The van der Waals surface area contributed by atoms with Crippen molar-refractivity contribution in [3.63, 3.8) is 0 Å². The fourth-order valence-electron chi connectivity index (χ4n) is 2.40. The summed E-state index contributed by atoms with van der Waals surface area (Å²) in [6.45, 7) is 9.56. The Hall–Kier alpha value is -0.120. The van der Waals surface area contributed by atoms with Crippen LogP contribution in [0.1, 0.15) is 26.7 Å². The van der Waals surface area contributed by atoms with Gasteiger partial charge in [0.2, 0.25) is 0 Å². The van der Waals surface area contributed by atoms with Crippen LogP contribution in [0, 0.1) is 17.8 Å². The monoisotopic (exact) mass is 228 g/mol. The van der Waals surface area contributed by atoms with E-state index in [2.05, 4.69) is 25.8 Å². The zero-order chi connectivity index (χ0) is 12.0. The van der Waals surface area contributed by atoms with Crippen LogP contribution in [-0.2, 0) is 4.74 Å². The van der Waals surface area contributed by atoms with Gasteiger partial charge in [-0.2, -0.15) is 0 Å². The molecule has 0 bridgehead atoms. The largest absolute Gasteiger partial charge is 0.381 e. The van der Waals surface area contributed by atoms with E-state index in [1.165, 1.54) is 19.4 Å². The molecule has 0 spiro atoms. The first-order chi connectivity index (χ1) is 7.63. The molecule has 1 rings (SSSR count). The summed E-state index contributed by atoms with van der Waals surface area (Å²) in [6.07, 6.45) is 2.44. The summed E-state index contributed by atoms with van der Waals surface area (Å²) >= 11 is 0. The van der Waals surface area contributed by atoms with E-state index in [0.29, 0.717) is 11.8 Å². The van der Waals surface area contributed by atoms with Gasteiger partial charge in [0.1, 0.15) is 0 Å². The van der Waals surface area contributed by atoms with Gasteiger partial charge in [-0.25, -0.2) is 0 Å². The molecule has 1 atom stereocenters. The maximum absolute atomic E-state index is 5.81. The summed E-state index contributed by atoms with van der Waals surface area (Å²) < 4.78 is 5.38. The quantitative estimate of drug-likeness (QED) is 0.750. The SMILES string of the molecule is CC(C)C(CN)CN(C)CC1CCOCC1. The van der Waals surface area contributed by atoms with Crippen molar-refractivity contribution >= 4 is 0 Å². The number of nitrogens with two attached hydrogens (primary N) is 1. The molecule has 0 saturated carbocycles. The number of nitrogens with zero attached hydrogens (tertiary/aromatic N) is 1. The van der Waals surface area contributed by atoms with Gasteiger partial charge in [0, 0.05) is 26.3 Å². The molecule has 1 aliphatic heterocycles. The smallest absolute Gasteiger partial charge is 0.0469 e. The third-order valence-electron chi connectivity index (χ3n) is 3.70. The van der Waals surface area contributed by atoms with Crippen molar-refractivity contribution in [2.45, 2.75) is 26.7 Å².